The van der Waals surface area contributed by atoms with Crippen molar-refractivity contribution in [1.82, 2.24) is 4.98 Å². The Morgan fingerprint density at radius 2 is 2.22 bits per heavy atom. The highest BCUT2D eigenvalue weighted by Gasteiger charge is 2.12. The van der Waals surface area contributed by atoms with E-state index >= 15 is 0 Å². The number of nitrogens with zero attached hydrogens (tertiary/aromatic N) is 2. The highest BCUT2D eigenvalue weighted by molar-refractivity contribution is 7.13. The molecular weight excluding hydrogens is 242 g/mol. The number of anilines is 1. The van der Waals surface area contributed by atoms with Gasteiger partial charge in [0.25, 0.3) is 0 Å². The number of rotatable bonds is 3. The maximum Gasteiger partial charge on any atom is 0.144 e. The van der Waals surface area contributed by atoms with E-state index in [1.165, 1.54) is 0 Å². The van der Waals surface area contributed by atoms with Crippen LogP contribution < -0.4 is 5.32 Å². The van der Waals surface area contributed by atoms with E-state index in [9.17, 15) is 0 Å². The fraction of sp³-hybridized carbons (Fsp3) is 0.286. The summed E-state index contributed by atoms with van der Waals surface area (Å²) in [7, 11) is 0. The Balaban J connectivity index is 2.53. The van der Waals surface area contributed by atoms with Crippen LogP contribution in [0.25, 0.3) is 10.6 Å². The van der Waals surface area contributed by atoms with Crippen LogP contribution in [0.1, 0.15) is 25.0 Å². The number of pyridine rings is 1. The van der Waals surface area contributed by atoms with Crippen molar-refractivity contribution in [3.63, 3.8) is 0 Å². The van der Waals surface area contributed by atoms with Crippen molar-refractivity contribution in [1.29, 1.82) is 5.26 Å². The average molecular weight is 257 g/mol. The molecule has 0 unspecified atom stereocenters. The summed E-state index contributed by atoms with van der Waals surface area (Å²) in [5.74, 6) is 0.668. The van der Waals surface area contributed by atoms with Crippen molar-refractivity contribution in [2.75, 3.05) is 5.32 Å². The van der Waals surface area contributed by atoms with Gasteiger partial charge in [0, 0.05) is 6.04 Å². The summed E-state index contributed by atoms with van der Waals surface area (Å²) >= 11 is 1.66. The molecule has 0 radical (unpaired) electrons. The van der Waals surface area contributed by atoms with Crippen LogP contribution in [-0.2, 0) is 0 Å². The SMILES string of the molecule is Cc1cc(C#N)c(NC(C)C)nc1-c1cccs1. The van der Waals surface area contributed by atoms with E-state index < -0.39 is 0 Å². The van der Waals surface area contributed by atoms with Crippen LogP contribution in [-0.4, -0.2) is 11.0 Å². The molecule has 3 nitrogen and oxygen atoms in total. The zero-order chi connectivity index (χ0) is 13.1. The predicted octanol–water partition coefficient (Wildman–Crippen LogP) is 3.81. The Morgan fingerprint density at radius 3 is 2.78 bits per heavy atom. The van der Waals surface area contributed by atoms with Gasteiger partial charge >= 0.3 is 0 Å². The van der Waals surface area contributed by atoms with Gasteiger partial charge in [-0.15, -0.1) is 11.3 Å². The number of nitrogens with one attached hydrogen (secondary N) is 1. The van der Waals surface area contributed by atoms with Gasteiger partial charge in [-0.1, -0.05) is 6.07 Å². The molecule has 2 aromatic rings. The standard InChI is InChI=1S/C14H15N3S/c1-9(2)16-14-11(8-15)7-10(3)13(17-14)12-5-4-6-18-12/h4-7,9H,1-3H3,(H,16,17). The fourth-order valence-electron chi connectivity index (χ4n) is 1.74. The molecule has 0 saturated heterocycles. The van der Waals surface area contributed by atoms with Gasteiger partial charge in [0.05, 0.1) is 16.1 Å². The average Bonchev–Trinajstić information content (AvgIpc) is 2.83. The number of hydrogen-bond donors (Lipinski definition) is 1. The summed E-state index contributed by atoms with van der Waals surface area (Å²) < 4.78 is 0. The van der Waals surface area contributed by atoms with Gasteiger partial charge in [0.2, 0.25) is 0 Å². The number of thiophene rings is 1. The van der Waals surface area contributed by atoms with E-state index in [0.29, 0.717) is 11.4 Å². The van der Waals surface area contributed by atoms with Crippen molar-refractivity contribution < 1.29 is 0 Å². The van der Waals surface area contributed by atoms with Gasteiger partial charge in [-0.05, 0) is 43.8 Å². The Kier molecular flexibility index (Phi) is 3.63. The quantitative estimate of drug-likeness (QED) is 0.909. The third-order valence-electron chi connectivity index (χ3n) is 2.51. The van der Waals surface area contributed by atoms with E-state index in [1.807, 2.05) is 44.4 Å². The Hall–Kier alpha value is -1.86. The lowest BCUT2D eigenvalue weighted by Crippen LogP contribution is -2.13. The molecular formula is C14H15N3S. The first-order valence-corrected chi connectivity index (χ1v) is 6.72. The van der Waals surface area contributed by atoms with E-state index in [4.69, 9.17) is 5.26 Å². The molecule has 0 aromatic carbocycles. The molecule has 0 atom stereocenters. The molecule has 2 rings (SSSR count). The molecule has 0 fully saturated rings. The van der Waals surface area contributed by atoms with Gasteiger partial charge in [-0.25, -0.2) is 4.98 Å². The van der Waals surface area contributed by atoms with Crippen LogP contribution >= 0.6 is 11.3 Å². The van der Waals surface area contributed by atoms with Crippen LogP contribution in [0.4, 0.5) is 5.82 Å². The van der Waals surface area contributed by atoms with Crippen LogP contribution in [0.3, 0.4) is 0 Å². The molecule has 1 N–H and O–H groups in total. The Labute approximate surface area is 111 Å². The first-order valence-electron chi connectivity index (χ1n) is 5.84. The maximum absolute atomic E-state index is 9.15. The largest absolute Gasteiger partial charge is 0.367 e. The lowest BCUT2D eigenvalue weighted by Gasteiger charge is -2.13. The first-order chi connectivity index (χ1) is 8.61. The highest BCUT2D eigenvalue weighted by atomic mass is 32.1. The topological polar surface area (TPSA) is 48.7 Å². The second kappa shape index (κ2) is 5.19. The summed E-state index contributed by atoms with van der Waals surface area (Å²) in [4.78, 5) is 5.73. The molecule has 2 aromatic heterocycles. The lowest BCUT2D eigenvalue weighted by atomic mass is 10.1. The zero-order valence-corrected chi connectivity index (χ0v) is 11.5. The molecule has 18 heavy (non-hydrogen) atoms. The van der Waals surface area contributed by atoms with Gasteiger partial charge in [0.15, 0.2) is 0 Å². The van der Waals surface area contributed by atoms with Crippen molar-refractivity contribution in [3.05, 3.63) is 34.7 Å². The molecule has 0 aliphatic carbocycles. The summed E-state index contributed by atoms with van der Waals surface area (Å²) in [6.07, 6.45) is 0. The minimum Gasteiger partial charge on any atom is -0.367 e. The number of aryl methyl sites for hydroxylation is 1. The molecule has 0 amide bonds. The van der Waals surface area contributed by atoms with E-state index in [1.54, 1.807) is 11.3 Å². The van der Waals surface area contributed by atoms with E-state index in [-0.39, 0.29) is 6.04 Å². The summed E-state index contributed by atoms with van der Waals surface area (Å²) in [5.41, 5.74) is 2.58. The van der Waals surface area contributed by atoms with Crippen molar-refractivity contribution in [3.8, 4) is 16.6 Å². The molecule has 4 heteroatoms. The summed E-state index contributed by atoms with van der Waals surface area (Å²) in [5, 5.41) is 14.4. The molecule has 0 saturated carbocycles. The third kappa shape index (κ3) is 2.52. The van der Waals surface area contributed by atoms with Crippen LogP contribution in [0, 0.1) is 18.3 Å². The molecule has 0 bridgehead atoms. The summed E-state index contributed by atoms with van der Waals surface area (Å²) in [6.45, 7) is 6.06. The molecule has 0 aliphatic heterocycles. The molecule has 2 heterocycles. The number of nitriles is 1. The maximum atomic E-state index is 9.15. The van der Waals surface area contributed by atoms with Crippen molar-refractivity contribution >= 4 is 17.2 Å². The van der Waals surface area contributed by atoms with Crippen LogP contribution in [0.2, 0.25) is 0 Å². The molecule has 0 aliphatic rings. The number of aromatic nitrogens is 1. The van der Waals surface area contributed by atoms with Gasteiger partial charge < -0.3 is 5.32 Å². The molecule has 0 spiro atoms. The Morgan fingerprint density at radius 1 is 1.44 bits per heavy atom. The van der Waals surface area contributed by atoms with E-state index in [2.05, 4.69) is 16.4 Å². The third-order valence-corrected chi connectivity index (χ3v) is 3.39. The molecule has 92 valence electrons. The van der Waals surface area contributed by atoms with Gasteiger partial charge in [-0.3, -0.25) is 0 Å². The monoisotopic (exact) mass is 257 g/mol. The minimum absolute atomic E-state index is 0.253. The van der Waals surface area contributed by atoms with Crippen molar-refractivity contribution in [2.24, 2.45) is 0 Å². The van der Waals surface area contributed by atoms with E-state index in [0.717, 1.165) is 16.1 Å². The van der Waals surface area contributed by atoms with Gasteiger partial charge in [-0.2, -0.15) is 5.26 Å². The van der Waals surface area contributed by atoms with Crippen LogP contribution in [0.15, 0.2) is 23.6 Å². The lowest BCUT2D eigenvalue weighted by molar-refractivity contribution is 0.888. The fourth-order valence-corrected chi connectivity index (χ4v) is 2.52. The Bertz CT molecular complexity index is 580. The zero-order valence-electron chi connectivity index (χ0n) is 10.7. The second-order valence-corrected chi connectivity index (χ2v) is 5.39. The highest BCUT2D eigenvalue weighted by Crippen LogP contribution is 2.29. The summed E-state index contributed by atoms with van der Waals surface area (Å²) in [6, 6.07) is 8.40. The predicted molar refractivity (Wildman–Crippen MR) is 75.8 cm³/mol. The van der Waals surface area contributed by atoms with Crippen LogP contribution in [0.5, 0.6) is 0 Å². The second-order valence-electron chi connectivity index (χ2n) is 4.44. The first kappa shape index (κ1) is 12.6. The smallest absolute Gasteiger partial charge is 0.144 e. The number of hydrogen-bond acceptors (Lipinski definition) is 4. The minimum atomic E-state index is 0.253. The normalized spacial score (nSPS) is 10.4. The van der Waals surface area contributed by atoms with Crippen molar-refractivity contribution in [2.45, 2.75) is 26.8 Å². The van der Waals surface area contributed by atoms with Gasteiger partial charge in [0.1, 0.15) is 11.9 Å².